The SMILES string of the molecule is CC(C)CC(CCC(N)=O)N(O)C=O. The van der Waals surface area contributed by atoms with Gasteiger partial charge in [-0.25, -0.2) is 5.06 Å². The average molecular weight is 202 g/mol. The molecule has 0 rings (SSSR count). The van der Waals surface area contributed by atoms with Gasteiger partial charge < -0.3 is 5.73 Å². The van der Waals surface area contributed by atoms with E-state index < -0.39 is 5.91 Å². The Labute approximate surface area is 83.8 Å². The van der Waals surface area contributed by atoms with E-state index in [1.54, 1.807) is 0 Å². The van der Waals surface area contributed by atoms with Crippen LogP contribution < -0.4 is 5.73 Å². The van der Waals surface area contributed by atoms with Crippen LogP contribution in [0.2, 0.25) is 0 Å². The second kappa shape index (κ2) is 6.37. The van der Waals surface area contributed by atoms with Gasteiger partial charge in [-0.3, -0.25) is 14.8 Å². The zero-order valence-electron chi connectivity index (χ0n) is 8.64. The minimum Gasteiger partial charge on any atom is -0.370 e. The number of nitrogens with two attached hydrogens (primary N) is 1. The van der Waals surface area contributed by atoms with Gasteiger partial charge in [-0.05, 0) is 18.8 Å². The first-order chi connectivity index (χ1) is 6.47. The molecule has 1 unspecified atom stereocenters. The molecule has 82 valence electrons. The first kappa shape index (κ1) is 12.9. The maximum Gasteiger partial charge on any atom is 0.233 e. The quantitative estimate of drug-likeness (QED) is 0.358. The van der Waals surface area contributed by atoms with Gasteiger partial charge in [0.05, 0.1) is 6.04 Å². The molecule has 0 radical (unpaired) electrons. The highest BCUT2D eigenvalue weighted by atomic mass is 16.5. The summed E-state index contributed by atoms with van der Waals surface area (Å²) < 4.78 is 0. The number of carbonyl (C=O) groups is 2. The molecule has 0 aliphatic carbocycles. The smallest absolute Gasteiger partial charge is 0.233 e. The maximum absolute atomic E-state index is 10.5. The molecule has 0 spiro atoms. The fraction of sp³-hybridized carbons (Fsp3) is 0.778. The molecular weight excluding hydrogens is 184 g/mol. The number of hydroxylamine groups is 2. The zero-order chi connectivity index (χ0) is 11.1. The van der Waals surface area contributed by atoms with Crippen molar-refractivity contribution >= 4 is 12.3 Å². The number of hydrogen-bond acceptors (Lipinski definition) is 3. The Balaban J connectivity index is 4.09. The van der Waals surface area contributed by atoms with Crippen LogP contribution in [-0.4, -0.2) is 28.6 Å². The lowest BCUT2D eigenvalue weighted by Gasteiger charge is -2.23. The van der Waals surface area contributed by atoms with Gasteiger partial charge in [0.15, 0.2) is 0 Å². The van der Waals surface area contributed by atoms with Crippen LogP contribution in [0.3, 0.4) is 0 Å². The summed E-state index contributed by atoms with van der Waals surface area (Å²) in [5, 5.41) is 9.81. The van der Waals surface area contributed by atoms with Crippen LogP contribution >= 0.6 is 0 Å². The third-order valence-electron chi connectivity index (χ3n) is 1.95. The number of nitrogens with zero attached hydrogens (tertiary/aromatic N) is 1. The van der Waals surface area contributed by atoms with Crippen LogP contribution in [-0.2, 0) is 9.59 Å². The summed E-state index contributed by atoms with van der Waals surface area (Å²) in [7, 11) is 0. The molecule has 2 amide bonds. The van der Waals surface area contributed by atoms with Crippen LogP contribution in [0.4, 0.5) is 0 Å². The predicted octanol–water partition coefficient (Wildman–Crippen LogP) is 0.514. The summed E-state index contributed by atoms with van der Waals surface area (Å²) in [6, 6.07) is -0.319. The molecule has 5 nitrogen and oxygen atoms in total. The molecule has 0 bridgehead atoms. The van der Waals surface area contributed by atoms with E-state index in [1.807, 2.05) is 13.8 Å². The molecule has 0 heterocycles. The van der Waals surface area contributed by atoms with Gasteiger partial charge in [0.2, 0.25) is 12.3 Å². The van der Waals surface area contributed by atoms with Crippen molar-refractivity contribution < 1.29 is 14.8 Å². The number of rotatable bonds is 7. The summed E-state index contributed by atoms with van der Waals surface area (Å²) in [4.78, 5) is 20.9. The van der Waals surface area contributed by atoms with Crippen molar-refractivity contribution in [2.24, 2.45) is 11.7 Å². The fourth-order valence-corrected chi connectivity index (χ4v) is 1.30. The number of primary amides is 1. The van der Waals surface area contributed by atoms with E-state index in [0.717, 1.165) is 0 Å². The molecule has 0 aromatic carbocycles. The summed E-state index contributed by atoms with van der Waals surface area (Å²) in [6.45, 7) is 3.96. The summed E-state index contributed by atoms with van der Waals surface area (Å²) in [5.41, 5.74) is 4.99. The Hall–Kier alpha value is -1.10. The van der Waals surface area contributed by atoms with Gasteiger partial charge in [0.1, 0.15) is 0 Å². The third-order valence-corrected chi connectivity index (χ3v) is 1.95. The lowest BCUT2D eigenvalue weighted by Crippen LogP contribution is -2.33. The third kappa shape index (κ3) is 5.53. The molecule has 0 aliphatic heterocycles. The summed E-state index contributed by atoms with van der Waals surface area (Å²) in [5.74, 6) is -0.0690. The van der Waals surface area contributed by atoms with Crippen molar-refractivity contribution in [1.82, 2.24) is 5.06 Å². The largest absolute Gasteiger partial charge is 0.370 e. The van der Waals surface area contributed by atoms with Crippen molar-refractivity contribution in [3.8, 4) is 0 Å². The standard InChI is InChI=1S/C9H18N2O3/c1-7(2)5-8(11(14)6-12)3-4-9(10)13/h6-8,14H,3-5H2,1-2H3,(H2,10,13). The Kier molecular flexibility index (Phi) is 5.87. The Morgan fingerprint density at radius 3 is 2.50 bits per heavy atom. The second-order valence-electron chi connectivity index (χ2n) is 3.77. The van der Waals surface area contributed by atoms with Gasteiger partial charge in [0.25, 0.3) is 0 Å². The van der Waals surface area contributed by atoms with Crippen molar-refractivity contribution in [3.63, 3.8) is 0 Å². The fourth-order valence-electron chi connectivity index (χ4n) is 1.30. The molecule has 0 saturated carbocycles. The molecular formula is C9H18N2O3. The Morgan fingerprint density at radius 1 is 1.57 bits per heavy atom. The highest BCUT2D eigenvalue weighted by molar-refractivity contribution is 5.73. The van der Waals surface area contributed by atoms with Crippen LogP contribution in [0.5, 0.6) is 0 Å². The van der Waals surface area contributed by atoms with E-state index in [0.29, 0.717) is 30.2 Å². The van der Waals surface area contributed by atoms with Gasteiger partial charge in [-0.1, -0.05) is 13.8 Å². The molecule has 0 saturated heterocycles. The maximum atomic E-state index is 10.5. The van der Waals surface area contributed by atoms with E-state index in [1.165, 1.54) is 0 Å². The normalized spacial score (nSPS) is 12.6. The zero-order valence-corrected chi connectivity index (χ0v) is 8.64. The van der Waals surface area contributed by atoms with Crippen LogP contribution in [0.15, 0.2) is 0 Å². The highest BCUT2D eigenvalue weighted by Gasteiger charge is 2.17. The minimum absolute atomic E-state index is 0.183. The van der Waals surface area contributed by atoms with Crippen molar-refractivity contribution in [1.29, 1.82) is 0 Å². The molecule has 0 aliphatic rings. The second-order valence-corrected chi connectivity index (χ2v) is 3.77. The molecule has 3 N–H and O–H groups in total. The van der Waals surface area contributed by atoms with Crippen molar-refractivity contribution in [3.05, 3.63) is 0 Å². The van der Waals surface area contributed by atoms with E-state index in [9.17, 15) is 14.8 Å². The first-order valence-corrected chi connectivity index (χ1v) is 4.68. The molecule has 0 fully saturated rings. The summed E-state index contributed by atoms with van der Waals surface area (Å²) >= 11 is 0. The molecule has 0 aromatic heterocycles. The van der Waals surface area contributed by atoms with Crippen LogP contribution in [0, 0.1) is 5.92 Å². The Morgan fingerprint density at radius 2 is 2.14 bits per heavy atom. The monoisotopic (exact) mass is 202 g/mol. The first-order valence-electron chi connectivity index (χ1n) is 4.68. The van der Waals surface area contributed by atoms with Gasteiger partial charge in [-0.15, -0.1) is 0 Å². The van der Waals surface area contributed by atoms with E-state index >= 15 is 0 Å². The summed E-state index contributed by atoms with van der Waals surface area (Å²) in [6.07, 6.45) is 1.60. The topological polar surface area (TPSA) is 83.6 Å². The lowest BCUT2D eigenvalue weighted by molar-refractivity contribution is -0.162. The van der Waals surface area contributed by atoms with Crippen molar-refractivity contribution in [2.75, 3.05) is 0 Å². The molecule has 5 heteroatoms. The molecule has 1 atom stereocenters. The van der Waals surface area contributed by atoms with Gasteiger partial charge in [-0.2, -0.15) is 0 Å². The van der Waals surface area contributed by atoms with Gasteiger partial charge >= 0.3 is 0 Å². The predicted molar refractivity (Wildman–Crippen MR) is 51.4 cm³/mol. The average Bonchev–Trinajstić information content (AvgIpc) is 2.10. The molecule has 0 aromatic rings. The number of amides is 2. The molecule has 14 heavy (non-hydrogen) atoms. The van der Waals surface area contributed by atoms with E-state index in [2.05, 4.69) is 0 Å². The van der Waals surface area contributed by atoms with E-state index in [-0.39, 0.29) is 12.5 Å². The highest BCUT2D eigenvalue weighted by Crippen LogP contribution is 2.13. The minimum atomic E-state index is -0.418. The lowest BCUT2D eigenvalue weighted by atomic mass is 9.99. The van der Waals surface area contributed by atoms with Crippen LogP contribution in [0.25, 0.3) is 0 Å². The number of hydrogen-bond donors (Lipinski definition) is 2. The van der Waals surface area contributed by atoms with Crippen LogP contribution in [0.1, 0.15) is 33.1 Å². The van der Waals surface area contributed by atoms with Gasteiger partial charge in [0, 0.05) is 6.42 Å². The van der Waals surface area contributed by atoms with E-state index in [4.69, 9.17) is 5.73 Å². The Bertz CT molecular complexity index is 194. The number of carbonyl (C=O) groups excluding carboxylic acids is 2. The van der Waals surface area contributed by atoms with Crippen molar-refractivity contribution in [2.45, 2.75) is 39.2 Å².